The number of aryl methyl sites for hydroxylation is 1. The SMILES string of the molecule is C#CCOc1cccc([C@@H]2CC(=O)Nc3c2c(C)nn3-c2nncc(-c3ccccc3)n2)c1. The summed E-state index contributed by atoms with van der Waals surface area (Å²) in [5.41, 5.74) is 4.22. The summed E-state index contributed by atoms with van der Waals surface area (Å²) >= 11 is 0. The second-order valence-electron chi connectivity index (χ2n) is 7.64. The zero-order valence-electron chi connectivity index (χ0n) is 17.9. The van der Waals surface area contributed by atoms with E-state index in [2.05, 4.69) is 31.5 Å². The van der Waals surface area contributed by atoms with Gasteiger partial charge in [0, 0.05) is 23.5 Å². The average molecular weight is 436 g/mol. The molecule has 0 saturated heterocycles. The lowest BCUT2D eigenvalue weighted by molar-refractivity contribution is -0.116. The Morgan fingerprint density at radius 2 is 2.06 bits per heavy atom. The van der Waals surface area contributed by atoms with Gasteiger partial charge in [-0.05, 0) is 24.6 Å². The number of rotatable bonds is 5. The molecule has 0 saturated carbocycles. The summed E-state index contributed by atoms with van der Waals surface area (Å²) in [4.78, 5) is 17.3. The molecular weight excluding hydrogens is 416 g/mol. The van der Waals surface area contributed by atoms with Crippen LogP contribution in [0.2, 0.25) is 0 Å². The standard InChI is InChI=1S/C25H20N6O2/c1-3-12-33-19-11-7-10-18(13-19)20-14-22(32)28-24-23(20)16(2)30-31(24)25-27-21(15-26-29-25)17-8-5-4-6-9-17/h1,4-11,13,15,20H,12,14H2,2H3,(H,28,32)/t20-/m0/s1. The third-order valence-corrected chi connectivity index (χ3v) is 5.49. The maximum Gasteiger partial charge on any atom is 0.272 e. The van der Waals surface area contributed by atoms with E-state index in [0.717, 1.165) is 22.4 Å². The topological polar surface area (TPSA) is 94.8 Å². The Bertz CT molecular complexity index is 1370. The molecule has 0 bridgehead atoms. The quantitative estimate of drug-likeness (QED) is 0.481. The molecule has 8 heteroatoms. The first-order valence-corrected chi connectivity index (χ1v) is 10.4. The molecule has 5 rings (SSSR count). The zero-order valence-corrected chi connectivity index (χ0v) is 17.9. The first-order chi connectivity index (χ1) is 16.1. The van der Waals surface area contributed by atoms with E-state index < -0.39 is 0 Å². The van der Waals surface area contributed by atoms with Crippen LogP contribution in [0.1, 0.15) is 29.2 Å². The van der Waals surface area contributed by atoms with E-state index in [1.165, 1.54) is 0 Å². The lowest BCUT2D eigenvalue weighted by Crippen LogP contribution is -2.25. The van der Waals surface area contributed by atoms with Crippen LogP contribution >= 0.6 is 0 Å². The maximum atomic E-state index is 12.7. The lowest BCUT2D eigenvalue weighted by atomic mass is 9.86. The molecule has 0 aliphatic carbocycles. The van der Waals surface area contributed by atoms with Gasteiger partial charge in [0.15, 0.2) is 0 Å². The van der Waals surface area contributed by atoms with Crippen molar-refractivity contribution in [2.75, 3.05) is 11.9 Å². The summed E-state index contributed by atoms with van der Waals surface area (Å²) in [6, 6.07) is 17.3. The van der Waals surface area contributed by atoms with Crippen molar-refractivity contribution in [1.82, 2.24) is 25.0 Å². The summed E-state index contributed by atoms with van der Waals surface area (Å²) in [6.45, 7) is 2.09. The van der Waals surface area contributed by atoms with Crippen molar-refractivity contribution in [2.45, 2.75) is 19.3 Å². The number of benzene rings is 2. The molecule has 3 heterocycles. The van der Waals surface area contributed by atoms with E-state index >= 15 is 0 Å². The third-order valence-electron chi connectivity index (χ3n) is 5.49. The van der Waals surface area contributed by atoms with Crippen LogP contribution in [-0.4, -0.2) is 37.5 Å². The van der Waals surface area contributed by atoms with Crippen molar-refractivity contribution in [3.05, 3.63) is 77.6 Å². The van der Waals surface area contributed by atoms with Gasteiger partial charge < -0.3 is 10.1 Å². The Balaban J connectivity index is 1.57. The molecular formula is C25H20N6O2. The molecule has 1 aliphatic rings. The van der Waals surface area contributed by atoms with Crippen LogP contribution in [0.4, 0.5) is 5.82 Å². The fourth-order valence-electron chi connectivity index (χ4n) is 4.05. The molecule has 0 unspecified atom stereocenters. The highest BCUT2D eigenvalue weighted by Crippen LogP contribution is 2.40. The second kappa shape index (κ2) is 8.55. The molecule has 0 spiro atoms. The number of anilines is 1. The molecule has 0 fully saturated rings. The lowest BCUT2D eigenvalue weighted by Gasteiger charge is -2.24. The molecule has 162 valence electrons. The Hall–Kier alpha value is -4.51. The molecule has 4 aromatic rings. The van der Waals surface area contributed by atoms with Crippen LogP contribution in [0.3, 0.4) is 0 Å². The van der Waals surface area contributed by atoms with Crippen molar-refractivity contribution < 1.29 is 9.53 Å². The van der Waals surface area contributed by atoms with Gasteiger partial charge in [-0.1, -0.05) is 48.4 Å². The molecule has 8 nitrogen and oxygen atoms in total. The summed E-state index contributed by atoms with van der Waals surface area (Å²) in [5, 5.41) is 15.9. The average Bonchev–Trinajstić information content (AvgIpc) is 3.19. The van der Waals surface area contributed by atoms with Gasteiger partial charge in [-0.3, -0.25) is 4.79 Å². The van der Waals surface area contributed by atoms with Crippen molar-refractivity contribution in [3.8, 4) is 35.3 Å². The number of amides is 1. The predicted molar refractivity (Wildman–Crippen MR) is 123 cm³/mol. The number of nitrogens with one attached hydrogen (secondary N) is 1. The number of hydrogen-bond donors (Lipinski definition) is 1. The number of fused-ring (bicyclic) bond motifs is 1. The van der Waals surface area contributed by atoms with E-state index in [1.54, 1.807) is 10.9 Å². The Kier molecular flexibility index (Phi) is 5.29. The van der Waals surface area contributed by atoms with Gasteiger partial charge >= 0.3 is 0 Å². The van der Waals surface area contributed by atoms with E-state index in [9.17, 15) is 4.79 Å². The number of carbonyl (C=O) groups is 1. The van der Waals surface area contributed by atoms with Crippen molar-refractivity contribution in [3.63, 3.8) is 0 Å². The summed E-state index contributed by atoms with van der Waals surface area (Å²) in [6.07, 6.45) is 7.20. The van der Waals surface area contributed by atoms with Gasteiger partial charge in [0.2, 0.25) is 5.91 Å². The van der Waals surface area contributed by atoms with Crippen LogP contribution in [0.25, 0.3) is 17.2 Å². The van der Waals surface area contributed by atoms with Crippen molar-refractivity contribution in [2.24, 2.45) is 0 Å². The minimum Gasteiger partial charge on any atom is -0.481 e. The molecule has 1 atom stereocenters. The van der Waals surface area contributed by atoms with Crippen LogP contribution in [-0.2, 0) is 4.79 Å². The number of hydrogen-bond acceptors (Lipinski definition) is 6. The maximum absolute atomic E-state index is 12.7. The molecule has 1 N–H and O–H groups in total. The van der Waals surface area contributed by atoms with E-state index in [1.807, 2.05) is 61.5 Å². The Labute approximate surface area is 190 Å². The highest BCUT2D eigenvalue weighted by Gasteiger charge is 2.33. The summed E-state index contributed by atoms with van der Waals surface area (Å²) < 4.78 is 7.12. The van der Waals surface area contributed by atoms with Crippen LogP contribution in [0, 0.1) is 19.3 Å². The van der Waals surface area contributed by atoms with Crippen LogP contribution in [0.5, 0.6) is 5.75 Å². The normalized spacial score (nSPS) is 14.8. The number of ether oxygens (including phenoxy) is 1. The minimum absolute atomic E-state index is 0.115. The van der Waals surface area contributed by atoms with E-state index in [0.29, 0.717) is 23.7 Å². The largest absolute Gasteiger partial charge is 0.481 e. The molecule has 2 aromatic carbocycles. The first kappa shape index (κ1) is 20.4. The van der Waals surface area contributed by atoms with Crippen LogP contribution in [0.15, 0.2) is 60.8 Å². The molecule has 33 heavy (non-hydrogen) atoms. The molecule has 1 aliphatic heterocycles. The minimum atomic E-state index is -0.192. The Morgan fingerprint density at radius 3 is 2.88 bits per heavy atom. The summed E-state index contributed by atoms with van der Waals surface area (Å²) in [7, 11) is 0. The fraction of sp³-hybridized carbons (Fsp3) is 0.160. The fourth-order valence-corrected chi connectivity index (χ4v) is 4.05. The van der Waals surface area contributed by atoms with Gasteiger partial charge in [-0.15, -0.1) is 11.5 Å². The van der Waals surface area contributed by atoms with E-state index in [4.69, 9.17) is 11.2 Å². The molecule has 2 aromatic heterocycles. The number of carbonyl (C=O) groups excluding carboxylic acids is 1. The number of nitrogens with zero attached hydrogens (tertiary/aromatic N) is 5. The highest BCUT2D eigenvalue weighted by atomic mass is 16.5. The first-order valence-electron chi connectivity index (χ1n) is 10.4. The third kappa shape index (κ3) is 3.92. The highest BCUT2D eigenvalue weighted by molar-refractivity contribution is 5.95. The van der Waals surface area contributed by atoms with Gasteiger partial charge in [0.25, 0.3) is 5.95 Å². The van der Waals surface area contributed by atoms with Gasteiger partial charge in [0.1, 0.15) is 18.2 Å². The smallest absolute Gasteiger partial charge is 0.272 e. The van der Waals surface area contributed by atoms with E-state index in [-0.39, 0.29) is 24.4 Å². The number of aromatic nitrogens is 5. The zero-order chi connectivity index (χ0) is 22.8. The van der Waals surface area contributed by atoms with Crippen LogP contribution < -0.4 is 10.1 Å². The van der Waals surface area contributed by atoms with Gasteiger partial charge in [0.05, 0.1) is 17.6 Å². The van der Waals surface area contributed by atoms with Gasteiger partial charge in [-0.25, -0.2) is 4.98 Å². The molecule has 1 amide bonds. The second-order valence-corrected chi connectivity index (χ2v) is 7.64. The number of terminal acetylenes is 1. The molecule has 0 radical (unpaired) electrons. The van der Waals surface area contributed by atoms with Crippen molar-refractivity contribution >= 4 is 11.7 Å². The monoisotopic (exact) mass is 436 g/mol. The van der Waals surface area contributed by atoms with Crippen molar-refractivity contribution in [1.29, 1.82) is 0 Å². The van der Waals surface area contributed by atoms with Gasteiger partial charge in [-0.2, -0.15) is 14.9 Å². The summed E-state index contributed by atoms with van der Waals surface area (Å²) in [5.74, 6) is 3.65. The predicted octanol–water partition coefficient (Wildman–Crippen LogP) is 3.52. The Morgan fingerprint density at radius 1 is 1.21 bits per heavy atom.